The Bertz CT molecular complexity index is 766. The van der Waals surface area contributed by atoms with Crippen molar-refractivity contribution in [1.82, 2.24) is 25.1 Å². The van der Waals surface area contributed by atoms with Gasteiger partial charge in [0.1, 0.15) is 5.82 Å². The molecule has 3 rings (SSSR count). The van der Waals surface area contributed by atoms with Crippen molar-refractivity contribution in [1.29, 1.82) is 0 Å². The molecule has 27 heavy (non-hydrogen) atoms. The molecule has 9 nitrogen and oxygen atoms in total. The highest BCUT2D eigenvalue weighted by atomic mass is 16.1. The van der Waals surface area contributed by atoms with E-state index in [0.717, 1.165) is 38.0 Å². The number of carbonyl (C=O) groups excluding carboxylic acids is 1. The van der Waals surface area contributed by atoms with E-state index in [1.54, 1.807) is 6.20 Å². The molecular weight excluding hydrogens is 344 g/mol. The van der Waals surface area contributed by atoms with E-state index in [4.69, 9.17) is 5.73 Å². The number of anilines is 3. The molecule has 0 radical (unpaired) electrons. The van der Waals surface area contributed by atoms with Gasteiger partial charge < -0.3 is 21.7 Å². The number of piperidine rings is 1. The highest BCUT2D eigenvalue weighted by Gasteiger charge is 2.16. The Morgan fingerprint density at radius 1 is 1.37 bits per heavy atom. The number of nitrogens with one attached hydrogen (secondary N) is 3. The van der Waals surface area contributed by atoms with Crippen molar-refractivity contribution in [2.45, 2.75) is 39.2 Å². The Balaban J connectivity index is 1.70. The van der Waals surface area contributed by atoms with Gasteiger partial charge in [0, 0.05) is 18.9 Å². The van der Waals surface area contributed by atoms with Crippen LogP contribution in [-0.4, -0.2) is 45.3 Å². The van der Waals surface area contributed by atoms with E-state index in [0.29, 0.717) is 30.3 Å². The highest BCUT2D eigenvalue weighted by Crippen LogP contribution is 2.22. The van der Waals surface area contributed by atoms with Crippen LogP contribution in [0.3, 0.4) is 0 Å². The van der Waals surface area contributed by atoms with Crippen LogP contribution in [0.15, 0.2) is 18.6 Å². The summed E-state index contributed by atoms with van der Waals surface area (Å²) in [7, 11) is 0. The predicted molar refractivity (Wildman–Crippen MR) is 105 cm³/mol. The third-order valence-electron chi connectivity index (χ3n) is 4.61. The molecule has 1 amide bonds. The van der Waals surface area contributed by atoms with Crippen LogP contribution in [0.2, 0.25) is 0 Å². The molecule has 0 aliphatic carbocycles. The molecule has 1 aliphatic heterocycles. The fourth-order valence-electron chi connectivity index (χ4n) is 3.04. The highest BCUT2D eigenvalue weighted by molar-refractivity contribution is 5.97. The largest absolute Gasteiger partial charge is 0.369 e. The number of amides is 1. The van der Waals surface area contributed by atoms with E-state index >= 15 is 0 Å². The average Bonchev–Trinajstić information content (AvgIpc) is 3.10. The first-order chi connectivity index (χ1) is 13.0. The zero-order chi connectivity index (χ0) is 19.2. The fraction of sp³-hybridized carbons (Fsp3) is 0.556. The summed E-state index contributed by atoms with van der Waals surface area (Å²) in [5, 5.41) is 14.2. The van der Waals surface area contributed by atoms with Crippen molar-refractivity contribution >= 4 is 23.4 Å². The first-order valence-corrected chi connectivity index (χ1v) is 9.45. The van der Waals surface area contributed by atoms with Gasteiger partial charge in [0.25, 0.3) is 5.91 Å². The molecule has 146 valence electrons. The maximum atomic E-state index is 11.6. The van der Waals surface area contributed by atoms with Crippen LogP contribution >= 0.6 is 0 Å². The fourth-order valence-corrected chi connectivity index (χ4v) is 3.04. The number of rotatable bonds is 8. The molecule has 0 spiro atoms. The smallest absolute Gasteiger partial charge is 0.254 e. The maximum Gasteiger partial charge on any atom is 0.254 e. The van der Waals surface area contributed by atoms with Crippen LogP contribution in [0.25, 0.3) is 0 Å². The third-order valence-corrected chi connectivity index (χ3v) is 4.61. The first kappa shape index (κ1) is 19.1. The molecule has 3 heterocycles. The zero-order valence-corrected chi connectivity index (χ0v) is 15.9. The second kappa shape index (κ2) is 8.81. The number of hydrogen-bond acceptors (Lipinski definition) is 7. The molecule has 0 aromatic carbocycles. The Morgan fingerprint density at radius 2 is 2.15 bits per heavy atom. The van der Waals surface area contributed by atoms with Gasteiger partial charge in [-0.1, -0.05) is 13.8 Å². The lowest BCUT2D eigenvalue weighted by molar-refractivity contribution is 0.100. The van der Waals surface area contributed by atoms with Crippen LogP contribution in [-0.2, 0) is 0 Å². The molecule has 0 atom stereocenters. The normalized spacial score (nSPS) is 15.1. The Kier molecular flexibility index (Phi) is 6.23. The van der Waals surface area contributed by atoms with Crippen LogP contribution in [0, 0.1) is 5.92 Å². The Labute approximate surface area is 159 Å². The molecule has 9 heteroatoms. The Morgan fingerprint density at radius 3 is 2.85 bits per heavy atom. The molecule has 5 N–H and O–H groups in total. The van der Waals surface area contributed by atoms with Crippen LogP contribution < -0.4 is 21.7 Å². The Hall–Kier alpha value is -2.68. The summed E-state index contributed by atoms with van der Waals surface area (Å²) in [5.41, 5.74) is 6.54. The van der Waals surface area contributed by atoms with Gasteiger partial charge in [0.15, 0.2) is 0 Å². The maximum absolute atomic E-state index is 11.6. The molecule has 0 bridgehead atoms. The third kappa shape index (κ3) is 5.16. The number of primary amides is 1. The minimum Gasteiger partial charge on any atom is -0.369 e. The summed E-state index contributed by atoms with van der Waals surface area (Å²) in [5.74, 6) is 0.852. The van der Waals surface area contributed by atoms with Gasteiger partial charge in [-0.2, -0.15) is 10.1 Å². The van der Waals surface area contributed by atoms with Gasteiger partial charge in [0.2, 0.25) is 5.95 Å². The van der Waals surface area contributed by atoms with Gasteiger partial charge >= 0.3 is 0 Å². The minimum absolute atomic E-state index is 0.287. The molecule has 1 aliphatic rings. The second-order valence-corrected chi connectivity index (χ2v) is 7.24. The molecule has 0 saturated carbocycles. The van der Waals surface area contributed by atoms with Gasteiger partial charge in [-0.3, -0.25) is 9.48 Å². The summed E-state index contributed by atoms with van der Waals surface area (Å²) in [6.45, 7) is 7.02. The molecule has 1 saturated heterocycles. The molecular formula is C18H28N8O. The lowest BCUT2D eigenvalue weighted by Crippen LogP contribution is -2.29. The second-order valence-electron chi connectivity index (χ2n) is 7.24. The standard InChI is InChI=1S/C18H28N8O/c1-12(2)3-8-21-17-15(16(19)27)10-22-18(25-17)24-13-9-23-26(11-13)14-4-6-20-7-5-14/h9-12,14,20H,3-8H2,1-2H3,(H2,19,27)(H2,21,22,24,25). The van der Waals surface area contributed by atoms with E-state index < -0.39 is 5.91 Å². The lowest BCUT2D eigenvalue weighted by atomic mass is 10.1. The van der Waals surface area contributed by atoms with E-state index in [1.807, 2.05) is 10.9 Å². The predicted octanol–water partition coefficient (Wildman–Crippen LogP) is 1.90. The average molecular weight is 372 g/mol. The SMILES string of the molecule is CC(C)CCNc1nc(Nc2cnn(C3CCNCC3)c2)ncc1C(N)=O. The molecule has 1 fully saturated rings. The van der Waals surface area contributed by atoms with Gasteiger partial charge in [-0.15, -0.1) is 0 Å². The number of hydrogen-bond donors (Lipinski definition) is 4. The first-order valence-electron chi connectivity index (χ1n) is 9.45. The number of carbonyl (C=O) groups is 1. The molecule has 2 aromatic rings. The monoisotopic (exact) mass is 372 g/mol. The number of aromatic nitrogens is 4. The van der Waals surface area contributed by atoms with E-state index in [1.165, 1.54) is 6.20 Å². The van der Waals surface area contributed by atoms with Crippen molar-refractivity contribution in [3.63, 3.8) is 0 Å². The van der Waals surface area contributed by atoms with Crippen molar-refractivity contribution in [2.24, 2.45) is 11.7 Å². The topological polar surface area (TPSA) is 123 Å². The summed E-state index contributed by atoms with van der Waals surface area (Å²) in [4.78, 5) is 20.3. The van der Waals surface area contributed by atoms with Crippen molar-refractivity contribution in [2.75, 3.05) is 30.3 Å². The lowest BCUT2D eigenvalue weighted by Gasteiger charge is -2.22. The van der Waals surface area contributed by atoms with Crippen LogP contribution in [0.1, 0.15) is 49.5 Å². The number of nitrogens with zero attached hydrogens (tertiary/aromatic N) is 4. The summed E-state index contributed by atoms with van der Waals surface area (Å²) < 4.78 is 1.99. The van der Waals surface area contributed by atoms with Gasteiger partial charge in [-0.25, -0.2) is 4.98 Å². The van der Waals surface area contributed by atoms with E-state index in [-0.39, 0.29) is 5.56 Å². The zero-order valence-electron chi connectivity index (χ0n) is 15.9. The quantitative estimate of drug-likeness (QED) is 0.558. The van der Waals surface area contributed by atoms with Crippen molar-refractivity contribution < 1.29 is 4.79 Å². The van der Waals surface area contributed by atoms with Gasteiger partial charge in [-0.05, 0) is 38.3 Å². The van der Waals surface area contributed by atoms with Gasteiger partial charge in [0.05, 0.1) is 23.5 Å². The van der Waals surface area contributed by atoms with Crippen LogP contribution in [0.5, 0.6) is 0 Å². The van der Waals surface area contributed by atoms with E-state index in [2.05, 4.69) is 44.9 Å². The number of nitrogens with two attached hydrogens (primary N) is 1. The molecule has 2 aromatic heterocycles. The van der Waals surface area contributed by atoms with E-state index in [9.17, 15) is 4.79 Å². The van der Waals surface area contributed by atoms with Crippen LogP contribution in [0.4, 0.5) is 17.5 Å². The summed E-state index contributed by atoms with van der Waals surface area (Å²) in [6.07, 6.45) is 8.27. The summed E-state index contributed by atoms with van der Waals surface area (Å²) >= 11 is 0. The van der Waals surface area contributed by atoms with Crippen molar-refractivity contribution in [3.8, 4) is 0 Å². The molecule has 0 unspecified atom stereocenters. The minimum atomic E-state index is -0.549. The summed E-state index contributed by atoms with van der Waals surface area (Å²) in [6, 6.07) is 0.410. The van der Waals surface area contributed by atoms with Crippen molar-refractivity contribution in [3.05, 3.63) is 24.2 Å².